The summed E-state index contributed by atoms with van der Waals surface area (Å²) in [5.74, 6) is 1.19. The Bertz CT molecular complexity index is 836. The van der Waals surface area contributed by atoms with Crippen molar-refractivity contribution in [2.24, 2.45) is 0 Å². The molecule has 0 saturated carbocycles. The van der Waals surface area contributed by atoms with Crippen LogP contribution < -0.4 is 15.5 Å². The lowest BCUT2D eigenvalue weighted by Crippen LogP contribution is -2.31. The monoisotopic (exact) mass is 378 g/mol. The summed E-state index contributed by atoms with van der Waals surface area (Å²) in [4.78, 5) is 10.4. The molecule has 1 aliphatic heterocycles. The molecule has 0 radical (unpaired) electrons. The molecule has 1 aromatic heterocycles. The fraction of sp³-hybridized carbons (Fsp3) is 0.312. The molecule has 7 nitrogen and oxygen atoms in total. The van der Waals surface area contributed by atoms with E-state index >= 15 is 0 Å². The highest BCUT2D eigenvalue weighted by Crippen LogP contribution is 2.35. The van der Waals surface area contributed by atoms with Crippen LogP contribution in [0.15, 0.2) is 18.2 Å². The van der Waals surface area contributed by atoms with Crippen LogP contribution in [0.4, 0.5) is 17.3 Å². The smallest absolute Gasteiger partial charge is 0.236 e. The molecule has 0 fully saturated rings. The summed E-state index contributed by atoms with van der Waals surface area (Å²) in [7, 11) is 0. The highest BCUT2D eigenvalue weighted by atomic mass is 35.5. The van der Waals surface area contributed by atoms with Crippen molar-refractivity contribution >= 4 is 40.5 Å². The Labute approximate surface area is 155 Å². The molecule has 0 bridgehead atoms. The number of nitriles is 1. The predicted octanol–water partition coefficient (Wildman–Crippen LogP) is 2.84. The molecule has 0 saturated heterocycles. The van der Waals surface area contributed by atoms with Gasteiger partial charge in [-0.05, 0) is 24.6 Å². The van der Waals surface area contributed by atoms with E-state index in [9.17, 15) is 10.4 Å². The maximum atomic E-state index is 9.62. The lowest BCUT2D eigenvalue weighted by atomic mass is 10.2. The topological polar surface area (TPSA) is 97.1 Å². The van der Waals surface area contributed by atoms with Gasteiger partial charge in [-0.15, -0.1) is 0 Å². The third-order valence-electron chi connectivity index (χ3n) is 3.66. The molecular formula is C16H16Cl2N6O. The molecule has 9 heteroatoms. The number of hydrogen-bond donors (Lipinski definition) is 3. The quantitative estimate of drug-likeness (QED) is 0.735. The van der Waals surface area contributed by atoms with Crippen LogP contribution in [-0.2, 0) is 6.54 Å². The van der Waals surface area contributed by atoms with E-state index < -0.39 is 6.10 Å². The van der Waals surface area contributed by atoms with Crippen LogP contribution in [0, 0.1) is 11.3 Å². The van der Waals surface area contributed by atoms with Crippen LogP contribution >= 0.6 is 23.2 Å². The number of aliphatic hydroxyl groups excluding tert-OH is 1. The van der Waals surface area contributed by atoms with Gasteiger partial charge in [-0.25, -0.2) is 0 Å². The van der Waals surface area contributed by atoms with E-state index in [4.69, 9.17) is 23.2 Å². The molecule has 130 valence electrons. The van der Waals surface area contributed by atoms with Crippen molar-refractivity contribution in [3.05, 3.63) is 39.6 Å². The van der Waals surface area contributed by atoms with Gasteiger partial charge < -0.3 is 20.6 Å². The highest BCUT2D eigenvalue weighted by Gasteiger charge is 2.26. The average Bonchev–Trinajstić information content (AvgIpc) is 2.98. The minimum atomic E-state index is -0.513. The number of aliphatic hydroxyl groups is 1. The summed E-state index contributed by atoms with van der Waals surface area (Å²) >= 11 is 12.0. The Balaban J connectivity index is 1.85. The molecule has 0 aliphatic carbocycles. The minimum absolute atomic E-state index is 0.0645. The SMILES string of the molecule is CC(O)CN1CNc2c(NCc3ccc(Cl)c(Cl)c3)nc(C#N)nc21. The average molecular weight is 379 g/mol. The largest absolute Gasteiger partial charge is 0.392 e. The van der Waals surface area contributed by atoms with Crippen molar-refractivity contribution in [2.45, 2.75) is 19.6 Å². The van der Waals surface area contributed by atoms with Crippen LogP contribution in [0.3, 0.4) is 0 Å². The number of nitrogens with zero attached hydrogens (tertiary/aromatic N) is 4. The molecule has 1 aromatic carbocycles. The number of aromatic nitrogens is 2. The second-order valence-electron chi connectivity index (χ2n) is 5.71. The van der Waals surface area contributed by atoms with Crippen LogP contribution in [0.25, 0.3) is 0 Å². The van der Waals surface area contributed by atoms with Gasteiger partial charge in [-0.2, -0.15) is 15.2 Å². The summed E-state index contributed by atoms with van der Waals surface area (Å²) in [5, 5.41) is 26.2. The number of benzene rings is 1. The predicted molar refractivity (Wildman–Crippen MR) is 98.1 cm³/mol. The van der Waals surface area contributed by atoms with Crippen LogP contribution in [0.1, 0.15) is 18.3 Å². The Morgan fingerprint density at radius 3 is 2.88 bits per heavy atom. The first-order valence-corrected chi connectivity index (χ1v) is 8.40. The van der Waals surface area contributed by atoms with Crippen molar-refractivity contribution in [1.82, 2.24) is 9.97 Å². The Hall–Kier alpha value is -2.27. The third-order valence-corrected chi connectivity index (χ3v) is 4.40. The zero-order valence-electron chi connectivity index (χ0n) is 13.4. The lowest BCUT2D eigenvalue weighted by Gasteiger charge is -2.18. The fourth-order valence-electron chi connectivity index (χ4n) is 2.57. The molecule has 2 heterocycles. The molecule has 0 amide bonds. The molecule has 25 heavy (non-hydrogen) atoms. The molecule has 1 aliphatic rings. The van der Waals surface area contributed by atoms with E-state index in [1.807, 2.05) is 17.0 Å². The van der Waals surface area contributed by atoms with E-state index in [1.54, 1.807) is 19.1 Å². The molecule has 0 spiro atoms. The van der Waals surface area contributed by atoms with Gasteiger partial charge in [0, 0.05) is 13.1 Å². The van der Waals surface area contributed by atoms with Gasteiger partial charge in [-0.3, -0.25) is 0 Å². The molecule has 1 atom stereocenters. The maximum absolute atomic E-state index is 9.62. The van der Waals surface area contributed by atoms with Gasteiger partial charge in [-0.1, -0.05) is 29.3 Å². The first kappa shape index (κ1) is 17.5. The zero-order valence-corrected chi connectivity index (χ0v) is 14.9. The van der Waals surface area contributed by atoms with Gasteiger partial charge >= 0.3 is 0 Å². The molecule has 3 rings (SSSR count). The number of fused-ring (bicyclic) bond motifs is 1. The van der Waals surface area contributed by atoms with E-state index in [0.29, 0.717) is 47.1 Å². The van der Waals surface area contributed by atoms with Crippen molar-refractivity contribution < 1.29 is 5.11 Å². The van der Waals surface area contributed by atoms with Gasteiger partial charge in [0.25, 0.3) is 0 Å². The zero-order chi connectivity index (χ0) is 18.0. The standard InChI is InChI=1S/C16H16Cl2N6O/c1-9(25)7-24-8-21-14-15(22-13(5-19)23-16(14)24)20-6-10-2-3-11(17)12(18)4-10/h2-4,9,21,25H,6-8H2,1H3,(H,20,22,23). The Morgan fingerprint density at radius 2 is 2.20 bits per heavy atom. The first-order valence-electron chi connectivity index (χ1n) is 7.64. The fourth-order valence-corrected chi connectivity index (χ4v) is 2.89. The second kappa shape index (κ2) is 7.31. The Morgan fingerprint density at radius 1 is 1.40 bits per heavy atom. The number of nitrogens with one attached hydrogen (secondary N) is 2. The van der Waals surface area contributed by atoms with E-state index in [2.05, 4.69) is 20.6 Å². The summed E-state index contributed by atoms with van der Waals surface area (Å²) in [6, 6.07) is 7.34. The summed E-state index contributed by atoms with van der Waals surface area (Å²) < 4.78 is 0. The van der Waals surface area contributed by atoms with Crippen molar-refractivity contribution in [1.29, 1.82) is 5.26 Å². The van der Waals surface area contributed by atoms with E-state index in [0.717, 1.165) is 5.56 Å². The first-order chi connectivity index (χ1) is 12.0. The van der Waals surface area contributed by atoms with Gasteiger partial charge in [0.15, 0.2) is 11.6 Å². The number of anilines is 3. The van der Waals surface area contributed by atoms with Gasteiger partial charge in [0.2, 0.25) is 5.82 Å². The van der Waals surface area contributed by atoms with Gasteiger partial charge in [0.05, 0.1) is 22.8 Å². The van der Waals surface area contributed by atoms with Crippen molar-refractivity contribution in [3.8, 4) is 6.07 Å². The van der Waals surface area contributed by atoms with Crippen LogP contribution in [0.2, 0.25) is 10.0 Å². The number of rotatable bonds is 5. The maximum Gasteiger partial charge on any atom is 0.236 e. The lowest BCUT2D eigenvalue weighted by molar-refractivity contribution is 0.200. The number of hydrogen-bond acceptors (Lipinski definition) is 7. The second-order valence-corrected chi connectivity index (χ2v) is 6.53. The number of halogens is 2. The third kappa shape index (κ3) is 3.87. The number of β-amino-alcohol motifs (C(OH)–C–C–N with tert-alkyl or cyclic N) is 1. The summed E-state index contributed by atoms with van der Waals surface area (Å²) in [6.07, 6.45) is -0.513. The minimum Gasteiger partial charge on any atom is -0.392 e. The Kier molecular flexibility index (Phi) is 5.13. The van der Waals surface area contributed by atoms with E-state index in [1.165, 1.54) is 0 Å². The highest BCUT2D eigenvalue weighted by molar-refractivity contribution is 6.42. The normalized spacial score (nSPS) is 13.8. The van der Waals surface area contributed by atoms with Crippen molar-refractivity contribution in [2.75, 3.05) is 28.7 Å². The van der Waals surface area contributed by atoms with Crippen LogP contribution in [0.5, 0.6) is 0 Å². The molecular weight excluding hydrogens is 363 g/mol. The molecule has 3 N–H and O–H groups in total. The molecule has 1 unspecified atom stereocenters. The molecule has 2 aromatic rings. The summed E-state index contributed by atoms with van der Waals surface area (Å²) in [5.41, 5.74) is 1.64. The van der Waals surface area contributed by atoms with E-state index in [-0.39, 0.29) is 5.82 Å². The van der Waals surface area contributed by atoms with Crippen LogP contribution in [-0.4, -0.2) is 34.4 Å². The van der Waals surface area contributed by atoms with Crippen molar-refractivity contribution in [3.63, 3.8) is 0 Å². The summed E-state index contributed by atoms with van der Waals surface area (Å²) in [6.45, 7) is 3.07. The van der Waals surface area contributed by atoms with Gasteiger partial charge in [0.1, 0.15) is 11.8 Å².